The van der Waals surface area contributed by atoms with Gasteiger partial charge in [-0.2, -0.15) is 0 Å². The average Bonchev–Trinajstić information content (AvgIpc) is 2.83. The van der Waals surface area contributed by atoms with E-state index in [1.165, 1.54) is 11.0 Å². The van der Waals surface area contributed by atoms with Gasteiger partial charge in [0.25, 0.3) is 0 Å². The molecule has 1 aromatic rings. The summed E-state index contributed by atoms with van der Waals surface area (Å²) < 4.78 is 22.8. The third kappa shape index (κ3) is 4.93. The Labute approximate surface area is 138 Å². The number of hydrogen-bond acceptors (Lipinski definition) is 3. The number of carbonyl (C=O) groups is 1. The highest BCUT2D eigenvalue weighted by atomic mass is 32.2. The van der Waals surface area contributed by atoms with Crippen LogP contribution in [0.25, 0.3) is 0 Å². The van der Waals surface area contributed by atoms with Gasteiger partial charge in [-0.3, -0.25) is 4.79 Å². The van der Waals surface area contributed by atoms with E-state index in [4.69, 9.17) is 0 Å². The summed E-state index contributed by atoms with van der Waals surface area (Å²) in [5.74, 6) is -0.0163. The fraction of sp³-hybridized carbons (Fsp3) is 0.500. The van der Waals surface area contributed by atoms with Gasteiger partial charge in [-0.25, -0.2) is 8.42 Å². The van der Waals surface area contributed by atoms with Gasteiger partial charge in [0.15, 0.2) is 9.84 Å². The van der Waals surface area contributed by atoms with E-state index in [0.717, 1.165) is 12.0 Å². The number of nitrogens with one attached hydrogen (secondary N) is 1. The highest BCUT2D eigenvalue weighted by Crippen LogP contribution is 2.24. The van der Waals surface area contributed by atoms with Crippen LogP contribution in [0.5, 0.6) is 0 Å². The summed E-state index contributed by atoms with van der Waals surface area (Å²) in [4.78, 5) is 12.3. The largest absolute Gasteiger partial charge is 0.349 e. The molecule has 0 fully saturated rings. The first-order chi connectivity index (χ1) is 10.8. The van der Waals surface area contributed by atoms with E-state index in [0.29, 0.717) is 0 Å². The van der Waals surface area contributed by atoms with Crippen molar-refractivity contribution in [3.05, 3.63) is 46.9 Å². The third-order valence-electron chi connectivity index (χ3n) is 4.18. The summed E-state index contributed by atoms with van der Waals surface area (Å²) in [7, 11) is -3.11. The molecule has 0 saturated carbocycles. The molecule has 0 bridgehead atoms. The molecule has 1 aromatic carbocycles. The molecule has 1 heterocycles. The van der Waals surface area contributed by atoms with E-state index >= 15 is 0 Å². The molecule has 23 heavy (non-hydrogen) atoms. The van der Waals surface area contributed by atoms with Gasteiger partial charge in [0.1, 0.15) is 0 Å². The number of amides is 1. The van der Waals surface area contributed by atoms with Crippen LogP contribution in [-0.4, -0.2) is 20.1 Å². The minimum absolute atomic E-state index is 0.0396. The zero-order valence-electron chi connectivity index (χ0n) is 14.0. The lowest BCUT2D eigenvalue weighted by molar-refractivity contribution is -0.122. The molecule has 126 valence electrons. The monoisotopic (exact) mass is 335 g/mol. The Morgan fingerprint density at radius 1 is 1.26 bits per heavy atom. The van der Waals surface area contributed by atoms with Gasteiger partial charge in [0, 0.05) is 17.7 Å². The van der Waals surface area contributed by atoms with Crippen LogP contribution >= 0.6 is 0 Å². The fourth-order valence-electron chi connectivity index (χ4n) is 2.83. The first-order valence-electron chi connectivity index (χ1n) is 8.10. The Morgan fingerprint density at radius 2 is 1.91 bits per heavy atom. The van der Waals surface area contributed by atoms with Crippen LogP contribution in [0.2, 0.25) is 0 Å². The van der Waals surface area contributed by atoms with Crippen molar-refractivity contribution in [2.75, 3.05) is 5.75 Å². The quantitative estimate of drug-likeness (QED) is 0.869. The number of sulfone groups is 1. The van der Waals surface area contributed by atoms with E-state index in [-0.39, 0.29) is 36.0 Å². The van der Waals surface area contributed by atoms with Gasteiger partial charge < -0.3 is 5.32 Å². The summed E-state index contributed by atoms with van der Waals surface area (Å²) in [6.07, 6.45) is 2.82. The Balaban J connectivity index is 2.01. The summed E-state index contributed by atoms with van der Waals surface area (Å²) >= 11 is 0. The van der Waals surface area contributed by atoms with Crippen molar-refractivity contribution in [2.24, 2.45) is 11.8 Å². The second kappa shape index (κ2) is 7.30. The highest BCUT2D eigenvalue weighted by molar-refractivity contribution is 7.94. The van der Waals surface area contributed by atoms with Crippen molar-refractivity contribution in [3.8, 4) is 0 Å². The Kier molecular flexibility index (Phi) is 5.63. The molecule has 1 amide bonds. The lowest BCUT2D eigenvalue weighted by Crippen LogP contribution is -2.33. The first kappa shape index (κ1) is 17.7. The van der Waals surface area contributed by atoms with Crippen LogP contribution in [0.3, 0.4) is 0 Å². The zero-order valence-corrected chi connectivity index (χ0v) is 14.8. The topological polar surface area (TPSA) is 63.2 Å². The van der Waals surface area contributed by atoms with Crippen LogP contribution in [0.1, 0.15) is 44.4 Å². The zero-order chi connectivity index (χ0) is 17.0. The van der Waals surface area contributed by atoms with Gasteiger partial charge in [-0.15, -0.1) is 0 Å². The van der Waals surface area contributed by atoms with E-state index < -0.39 is 9.84 Å². The maximum Gasteiger partial charge on any atom is 0.221 e. The summed E-state index contributed by atoms with van der Waals surface area (Å²) in [6.45, 7) is 6.25. The van der Waals surface area contributed by atoms with Gasteiger partial charge in [0.05, 0.1) is 11.8 Å². The molecule has 0 aromatic heterocycles. The minimum Gasteiger partial charge on any atom is -0.349 e. The molecular formula is C18H25NO3S. The molecule has 1 aliphatic rings. The Bertz CT molecular complexity index is 675. The molecule has 5 heteroatoms. The van der Waals surface area contributed by atoms with Crippen molar-refractivity contribution in [1.29, 1.82) is 0 Å². The van der Waals surface area contributed by atoms with E-state index in [1.807, 2.05) is 0 Å². The second-order valence-electron chi connectivity index (χ2n) is 6.51. The molecule has 0 aliphatic carbocycles. The fourth-order valence-corrected chi connectivity index (χ4v) is 4.23. The number of aryl methyl sites for hydroxylation is 1. The normalized spacial score (nSPS) is 20.6. The van der Waals surface area contributed by atoms with Crippen LogP contribution in [0, 0.1) is 11.8 Å². The Morgan fingerprint density at radius 3 is 2.39 bits per heavy atom. The van der Waals surface area contributed by atoms with Crippen LogP contribution in [0.15, 0.2) is 35.7 Å². The molecule has 0 saturated heterocycles. The number of benzene rings is 1. The van der Waals surface area contributed by atoms with Crippen LogP contribution in [-0.2, 0) is 21.1 Å². The van der Waals surface area contributed by atoms with Crippen molar-refractivity contribution in [1.82, 2.24) is 5.32 Å². The van der Waals surface area contributed by atoms with E-state index in [9.17, 15) is 13.2 Å². The highest BCUT2D eigenvalue weighted by Gasteiger charge is 2.25. The summed E-state index contributed by atoms with van der Waals surface area (Å²) in [5.41, 5.74) is 2.35. The van der Waals surface area contributed by atoms with Crippen molar-refractivity contribution < 1.29 is 13.2 Å². The number of hydrogen-bond donors (Lipinski definition) is 1. The molecular weight excluding hydrogens is 310 g/mol. The van der Waals surface area contributed by atoms with Crippen molar-refractivity contribution in [3.63, 3.8) is 0 Å². The molecule has 0 radical (unpaired) electrons. The molecule has 4 nitrogen and oxygen atoms in total. The third-order valence-corrected chi connectivity index (χ3v) is 5.65. The molecule has 0 spiro atoms. The maximum atomic E-state index is 12.3. The standard InChI is InChI=1S/C18H25NO3S/c1-4-14-5-7-16(8-6-14)18(13(2)3)19-17(20)11-15-9-10-23(21,22)12-15/h5-10,13,15,18H,4,11-12H2,1-3H3,(H,19,20). The molecule has 2 rings (SSSR count). The van der Waals surface area contributed by atoms with Gasteiger partial charge >= 0.3 is 0 Å². The smallest absolute Gasteiger partial charge is 0.221 e. The van der Waals surface area contributed by atoms with E-state index in [1.54, 1.807) is 6.08 Å². The predicted molar refractivity (Wildman–Crippen MR) is 92.6 cm³/mol. The van der Waals surface area contributed by atoms with Crippen LogP contribution in [0.4, 0.5) is 0 Å². The van der Waals surface area contributed by atoms with Gasteiger partial charge in [-0.1, -0.05) is 51.1 Å². The molecule has 2 unspecified atom stereocenters. The summed E-state index contributed by atoms with van der Waals surface area (Å²) in [5, 5.41) is 4.27. The van der Waals surface area contributed by atoms with Gasteiger partial charge in [-0.05, 0) is 23.5 Å². The number of rotatable bonds is 6. The number of allylic oxidation sites excluding steroid dienone is 1. The SMILES string of the molecule is CCc1ccc(C(NC(=O)CC2C=CS(=O)(=O)C2)C(C)C)cc1. The minimum atomic E-state index is -3.11. The molecule has 1 aliphatic heterocycles. The molecule has 2 atom stereocenters. The van der Waals surface area contributed by atoms with E-state index in [2.05, 4.69) is 50.4 Å². The lowest BCUT2D eigenvalue weighted by Gasteiger charge is -2.24. The Hall–Kier alpha value is -1.62. The van der Waals surface area contributed by atoms with Crippen molar-refractivity contribution in [2.45, 2.75) is 39.7 Å². The van der Waals surface area contributed by atoms with Crippen LogP contribution < -0.4 is 5.32 Å². The van der Waals surface area contributed by atoms with Crippen molar-refractivity contribution >= 4 is 15.7 Å². The lowest BCUT2D eigenvalue weighted by atomic mass is 9.94. The molecule has 1 N–H and O–H groups in total. The average molecular weight is 335 g/mol. The predicted octanol–water partition coefficient (Wildman–Crippen LogP) is 3.01. The maximum absolute atomic E-state index is 12.3. The number of carbonyl (C=O) groups excluding carboxylic acids is 1. The van der Waals surface area contributed by atoms with Gasteiger partial charge in [0.2, 0.25) is 5.91 Å². The summed E-state index contributed by atoms with van der Waals surface area (Å²) in [6, 6.07) is 8.23. The second-order valence-corrected chi connectivity index (χ2v) is 8.44. The first-order valence-corrected chi connectivity index (χ1v) is 9.81.